The number of aryl methyl sites for hydroxylation is 1. The summed E-state index contributed by atoms with van der Waals surface area (Å²) in [5, 5.41) is 12.2. The molecule has 2 rings (SSSR count). The third-order valence-corrected chi connectivity index (χ3v) is 3.00. The Morgan fingerprint density at radius 2 is 2.10 bits per heavy atom. The van der Waals surface area contributed by atoms with Crippen LogP contribution in [0.2, 0.25) is 0 Å². The third-order valence-electron chi connectivity index (χ3n) is 3.00. The summed E-state index contributed by atoms with van der Waals surface area (Å²) in [6, 6.07) is 3.30. The summed E-state index contributed by atoms with van der Waals surface area (Å²) >= 11 is 0. The van der Waals surface area contributed by atoms with Crippen LogP contribution in [0.4, 0.5) is 8.78 Å². The smallest absolute Gasteiger partial charge is 0.269 e. The van der Waals surface area contributed by atoms with E-state index in [1.54, 1.807) is 0 Å². The SMILES string of the molecule is CCc1ncc(C(=O)NCC(O)c2c(F)cccc2F)[nH]1. The Labute approximate surface area is 120 Å². The van der Waals surface area contributed by atoms with Crippen LogP contribution >= 0.6 is 0 Å². The number of H-pyrrole nitrogens is 1. The van der Waals surface area contributed by atoms with Gasteiger partial charge in [-0.25, -0.2) is 13.8 Å². The summed E-state index contributed by atoms with van der Waals surface area (Å²) in [5.74, 6) is -1.56. The molecule has 3 N–H and O–H groups in total. The number of amides is 1. The van der Waals surface area contributed by atoms with Crippen LogP contribution < -0.4 is 5.32 Å². The van der Waals surface area contributed by atoms with Crippen molar-refractivity contribution in [2.24, 2.45) is 0 Å². The van der Waals surface area contributed by atoms with E-state index in [0.717, 1.165) is 12.1 Å². The quantitative estimate of drug-likeness (QED) is 0.786. The maximum Gasteiger partial charge on any atom is 0.269 e. The standard InChI is InChI=1S/C14H15F2N3O2/c1-2-12-17-6-10(19-12)14(21)18-7-11(20)13-8(15)4-3-5-9(13)16/h3-6,11,20H,2,7H2,1H3,(H,17,19)(H,18,21). The number of nitrogens with one attached hydrogen (secondary N) is 2. The summed E-state index contributed by atoms with van der Waals surface area (Å²) in [4.78, 5) is 18.6. The highest BCUT2D eigenvalue weighted by molar-refractivity contribution is 5.92. The molecule has 0 spiro atoms. The van der Waals surface area contributed by atoms with Gasteiger partial charge in [-0.15, -0.1) is 0 Å². The van der Waals surface area contributed by atoms with E-state index in [0.29, 0.717) is 12.2 Å². The molecule has 1 atom stereocenters. The first kappa shape index (κ1) is 15.1. The first-order valence-electron chi connectivity index (χ1n) is 6.47. The Morgan fingerprint density at radius 1 is 1.43 bits per heavy atom. The summed E-state index contributed by atoms with van der Waals surface area (Å²) in [5.41, 5.74) is -0.232. The van der Waals surface area contributed by atoms with Gasteiger partial charge in [-0.2, -0.15) is 0 Å². The zero-order valence-electron chi connectivity index (χ0n) is 11.4. The lowest BCUT2D eigenvalue weighted by atomic mass is 10.1. The van der Waals surface area contributed by atoms with Gasteiger partial charge < -0.3 is 15.4 Å². The lowest BCUT2D eigenvalue weighted by Crippen LogP contribution is -2.29. The number of hydrogen-bond acceptors (Lipinski definition) is 3. The van der Waals surface area contributed by atoms with Crippen LogP contribution in [0.25, 0.3) is 0 Å². The highest BCUT2D eigenvalue weighted by Crippen LogP contribution is 2.19. The summed E-state index contributed by atoms with van der Waals surface area (Å²) < 4.78 is 26.9. The molecular formula is C14H15F2N3O2. The fourth-order valence-corrected chi connectivity index (χ4v) is 1.87. The lowest BCUT2D eigenvalue weighted by Gasteiger charge is -2.13. The van der Waals surface area contributed by atoms with Crippen LogP contribution in [-0.2, 0) is 6.42 Å². The number of aliphatic hydroxyl groups is 1. The minimum atomic E-state index is -1.47. The second-order valence-electron chi connectivity index (χ2n) is 4.46. The number of hydrogen-bond donors (Lipinski definition) is 3. The summed E-state index contributed by atoms with van der Waals surface area (Å²) in [6.45, 7) is 1.57. The fraction of sp³-hybridized carbons (Fsp3) is 0.286. The van der Waals surface area contributed by atoms with Crippen LogP contribution in [0.5, 0.6) is 0 Å². The zero-order chi connectivity index (χ0) is 15.4. The molecule has 1 amide bonds. The van der Waals surface area contributed by atoms with E-state index in [1.165, 1.54) is 12.3 Å². The Hall–Kier alpha value is -2.28. The van der Waals surface area contributed by atoms with Crippen molar-refractivity contribution in [1.29, 1.82) is 0 Å². The van der Waals surface area contributed by atoms with Crippen molar-refractivity contribution < 1.29 is 18.7 Å². The van der Waals surface area contributed by atoms with Gasteiger partial charge in [-0.05, 0) is 12.1 Å². The molecule has 21 heavy (non-hydrogen) atoms. The number of aliphatic hydroxyl groups excluding tert-OH is 1. The molecule has 0 radical (unpaired) electrons. The molecule has 1 aromatic heterocycles. The van der Waals surface area contributed by atoms with Crippen molar-refractivity contribution in [1.82, 2.24) is 15.3 Å². The Morgan fingerprint density at radius 3 is 2.67 bits per heavy atom. The number of nitrogens with zero attached hydrogens (tertiary/aromatic N) is 1. The largest absolute Gasteiger partial charge is 0.386 e. The van der Waals surface area contributed by atoms with E-state index < -0.39 is 29.2 Å². The summed E-state index contributed by atoms with van der Waals surface area (Å²) in [7, 11) is 0. The fourth-order valence-electron chi connectivity index (χ4n) is 1.87. The maximum absolute atomic E-state index is 13.5. The second kappa shape index (κ2) is 6.45. The average molecular weight is 295 g/mol. The molecule has 1 aromatic carbocycles. The Balaban J connectivity index is 2.00. The number of benzene rings is 1. The van der Waals surface area contributed by atoms with Crippen molar-refractivity contribution in [3.05, 3.63) is 53.1 Å². The topological polar surface area (TPSA) is 78.0 Å². The van der Waals surface area contributed by atoms with Crippen LogP contribution in [0.1, 0.15) is 34.9 Å². The molecule has 1 heterocycles. The van der Waals surface area contributed by atoms with Crippen molar-refractivity contribution >= 4 is 5.91 Å². The van der Waals surface area contributed by atoms with Crippen LogP contribution in [0, 0.1) is 11.6 Å². The van der Waals surface area contributed by atoms with Gasteiger partial charge in [0.1, 0.15) is 29.3 Å². The molecule has 112 valence electrons. The van der Waals surface area contributed by atoms with Gasteiger partial charge >= 0.3 is 0 Å². The molecule has 0 fully saturated rings. The normalized spacial score (nSPS) is 12.2. The van der Waals surface area contributed by atoms with Gasteiger partial charge in [0, 0.05) is 13.0 Å². The minimum Gasteiger partial charge on any atom is -0.386 e. The molecule has 0 saturated carbocycles. The third kappa shape index (κ3) is 3.43. The number of carbonyl (C=O) groups excluding carboxylic acids is 1. The summed E-state index contributed by atoms with van der Waals surface area (Å²) in [6.07, 6.45) is 0.546. The Kier molecular flexibility index (Phi) is 4.64. The highest BCUT2D eigenvalue weighted by Gasteiger charge is 2.19. The van der Waals surface area contributed by atoms with Crippen molar-refractivity contribution in [2.45, 2.75) is 19.4 Å². The molecule has 2 aromatic rings. The van der Waals surface area contributed by atoms with E-state index in [-0.39, 0.29) is 12.2 Å². The number of carbonyl (C=O) groups is 1. The van der Waals surface area contributed by atoms with Gasteiger partial charge in [0.05, 0.1) is 11.8 Å². The second-order valence-corrected chi connectivity index (χ2v) is 4.46. The van der Waals surface area contributed by atoms with Crippen molar-refractivity contribution in [3.8, 4) is 0 Å². The number of imidazole rings is 1. The van der Waals surface area contributed by atoms with Crippen LogP contribution in [0.15, 0.2) is 24.4 Å². The van der Waals surface area contributed by atoms with Gasteiger partial charge in [-0.3, -0.25) is 4.79 Å². The molecule has 5 nitrogen and oxygen atoms in total. The van der Waals surface area contributed by atoms with E-state index in [9.17, 15) is 18.7 Å². The van der Waals surface area contributed by atoms with Gasteiger partial charge in [0.2, 0.25) is 0 Å². The van der Waals surface area contributed by atoms with E-state index in [4.69, 9.17) is 0 Å². The van der Waals surface area contributed by atoms with E-state index in [1.807, 2.05) is 6.92 Å². The van der Waals surface area contributed by atoms with Gasteiger partial charge in [0.15, 0.2) is 0 Å². The zero-order valence-corrected chi connectivity index (χ0v) is 11.4. The van der Waals surface area contributed by atoms with Crippen molar-refractivity contribution in [3.63, 3.8) is 0 Å². The number of rotatable bonds is 5. The average Bonchev–Trinajstić information content (AvgIpc) is 2.93. The van der Waals surface area contributed by atoms with Crippen LogP contribution in [0.3, 0.4) is 0 Å². The predicted molar refractivity (Wildman–Crippen MR) is 71.6 cm³/mol. The number of aromatic nitrogens is 2. The first-order chi connectivity index (χ1) is 10.0. The van der Waals surface area contributed by atoms with Gasteiger partial charge in [0.25, 0.3) is 5.91 Å². The lowest BCUT2D eigenvalue weighted by molar-refractivity contribution is 0.0907. The van der Waals surface area contributed by atoms with Crippen LogP contribution in [-0.4, -0.2) is 27.5 Å². The van der Waals surface area contributed by atoms with E-state index in [2.05, 4.69) is 15.3 Å². The molecule has 7 heteroatoms. The number of halogens is 2. The molecule has 0 aliphatic rings. The minimum absolute atomic E-state index is 0.230. The molecule has 0 bridgehead atoms. The maximum atomic E-state index is 13.5. The first-order valence-corrected chi connectivity index (χ1v) is 6.47. The highest BCUT2D eigenvalue weighted by atomic mass is 19.1. The predicted octanol–water partition coefficient (Wildman–Crippen LogP) is 1.71. The molecule has 1 unspecified atom stereocenters. The molecule has 0 saturated heterocycles. The van der Waals surface area contributed by atoms with Crippen molar-refractivity contribution in [2.75, 3.05) is 6.54 Å². The molecular weight excluding hydrogens is 280 g/mol. The van der Waals surface area contributed by atoms with Gasteiger partial charge in [-0.1, -0.05) is 13.0 Å². The Bertz CT molecular complexity index is 623. The number of aromatic amines is 1. The van der Waals surface area contributed by atoms with E-state index >= 15 is 0 Å². The monoisotopic (exact) mass is 295 g/mol. The molecule has 0 aliphatic carbocycles. The molecule has 0 aliphatic heterocycles.